The molecule has 1 N–H and O–H groups in total. The molecule has 1 fully saturated rings. The number of likely N-dealkylation sites (tertiary alicyclic amines) is 1. The van der Waals surface area contributed by atoms with Crippen molar-refractivity contribution in [3.05, 3.63) is 39.9 Å². The van der Waals surface area contributed by atoms with E-state index in [1.807, 2.05) is 33.0 Å². The molecule has 2 amide bonds. The highest BCUT2D eigenvalue weighted by molar-refractivity contribution is 7.90. The molecular formula is C25H35ClN4O4S. The molecule has 1 aromatic rings. The second-order valence-corrected chi connectivity index (χ2v) is 12.3. The lowest BCUT2D eigenvalue weighted by Crippen LogP contribution is -2.45. The number of nitrogens with one attached hydrogen (secondary N) is 1. The van der Waals surface area contributed by atoms with Gasteiger partial charge in [-0.15, -0.1) is 0 Å². The van der Waals surface area contributed by atoms with Gasteiger partial charge in [-0.2, -0.15) is 0 Å². The molecule has 1 unspecified atom stereocenters. The maximum absolute atomic E-state index is 13.1. The maximum Gasteiger partial charge on any atom is 0.254 e. The number of sulfone groups is 1. The van der Waals surface area contributed by atoms with Crippen LogP contribution >= 0.6 is 11.6 Å². The number of piperidine rings is 1. The van der Waals surface area contributed by atoms with Gasteiger partial charge in [-0.25, -0.2) is 13.4 Å². The fourth-order valence-electron chi connectivity index (χ4n) is 4.74. The molecule has 3 rings (SSSR count). The minimum absolute atomic E-state index is 0.174. The Kier molecular flexibility index (Phi) is 8.77. The van der Waals surface area contributed by atoms with Gasteiger partial charge in [-0.1, -0.05) is 17.2 Å². The summed E-state index contributed by atoms with van der Waals surface area (Å²) in [5.74, 6) is -0.805. The summed E-state index contributed by atoms with van der Waals surface area (Å²) >= 11 is 6.41. The zero-order chi connectivity index (χ0) is 25.9. The maximum atomic E-state index is 13.1. The monoisotopic (exact) mass is 522 g/mol. The number of anilines is 1. The molecule has 2 heterocycles. The van der Waals surface area contributed by atoms with Gasteiger partial charge in [0.1, 0.15) is 9.84 Å². The number of amides is 2. The number of hydrogen-bond donors (Lipinski definition) is 1. The fourth-order valence-corrected chi connectivity index (χ4v) is 5.54. The predicted octanol–water partition coefficient (Wildman–Crippen LogP) is 2.89. The number of aliphatic imine (C=N–C) groups is 1. The van der Waals surface area contributed by atoms with E-state index in [2.05, 4.69) is 20.1 Å². The van der Waals surface area contributed by atoms with Crippen LogP contribution in [0.25, 0.3) is 0 Å². The number of dihydropyridines is 1. The van der Waals surface area contributed by atoms with Crippen molar-refractivity contribution in [1.29, 1.82) is 0 Å². The molecule has 0 bridgehead atoms. The summed E-state index contributed by atoms with van der Waals surface area (Å²) in [5.41, 5.74) is 3.75. The molecule has 0 spiro atoms. The van der Waals surface area contributed by atoms with Crippen LogP contribution < -0.4 is 10.2 Å². The topological polar surface area (TPSA) is 99.2 Å². The van der Waals surface area contributed by atoms with Crippen LogP contribution in [0.4, 0.5) is 5.69 Å². The van der Waals surface area contributed by atoms with Crippen molar-refractivity contribution in [2.24, 2.45) is 10.9 Å². The summed E-state index contributed by atoms with van der Waals surface area (Å²) in [6.45, 7) is 7.94. The van der Waals surface area contributed by atoms with Crippen molar-refractivity contribution in [3.63, 3.8) is 0 Å². The third-order valence-electron chi connectivity index (χ3n) is 6.89. The number of carbonyl (C=O) groups excluding carboxylic acids is 2. The summed E-state index contributed by atoms with van der Waals surface area (Å²) in [6, 6.07) is 3.79. The van der Waals surface area contributed by atoms with E-state index in [-0.39, 0.29) is 30.2 Å². The third kappa shape index (κ3) is 7.15. The molecule has 0 radical (unpaired) electrons. The molecule has 8 nitrogen and oxygen atoms in total. The third-order valence-corrected chi connectivity index (χ3v) is 8.03. The Bertz CT molecular complexity index is 1150. The van der Waals surface area contributed by atoms with Crippen LogP contribution in [0.15, 0.2) is 28.8 Å². The first-order chi connectivity index (χ1) is 16.4. The lowest BCUT2D eigenvalue weighted by Gasteiger charge is -2.38. The zero-order valence-electron chi connectivity index (χ0n) is 21.1. The number of allylic oxidation sites excluding steroid dienone is 1. The molecule has 0 saturated carbocycles. The van der Waals surface area contributed by atoms with Crippen molar-refractivity contribution in [3.8, 4) is 0 Å². The van der Waals surface area contributed by atoms with Crippen molar-refractivity contribution >= 4 is 44.7 Å². The number of carbonyl (C=O) groups is 2. The van der Waals surface area contributed by atoms with E-state index >= 15 is 0 Å². The molecule has 2 aliphatic rings. The van der Waals surface area contributed by atoms with Crippen molar-refractivity contribution in [2.75, 3.05) is 50.1 Å². The number of halogens is 1. The molecule has 1 saturated heterocycles. The Labute approximate surface area is 213 Å². The number of benzene rings is 1. The molecule has 192 valence electrons. The first-order valence-corrected chi connectivity index (χ1v) is 14.3. The fraction of sp³-hybridized carbons (Fsp3) is 0.560. The SMILES string of the molecule is CC1=CC(C)=NC(=O)C1CNC(=O)c1cc(Cl)cc(N(C)C2CCN(CCS(C)(=O)=O)CC2)c1C. The van der Waals surface area contributed by atoms with Crippen LogP contribution in [-0.4, -0.2) is 82.1 Å². The minimum Gasteiger partial charge on any atom is -0.371 e. The lowest BCUT2D eigenvalue weighted by molar-refractivity contribution is -0.120. The predicted molar refractivity (Wildman–Crippen MR) is 141 cm³/mol. The first kappa shape index (κ1) is 27.4. The van der Waals surface area contributed by atoms with E-state index in [1.54, 1.807) is 13.0 Å². The average Bonchev–Trinajstić information content (AvgIpc) is 2.77. The van der Waals surface area contributed by atoms with E-state index in [4.69, 9.17) is 11.6 Å². The quantitative estimate of drug-likeness (QED) is 0.563. The number of rotatable bonds is 8. The van der Waals surface area contributed by atoms with E-state index < -0.39 is 15.8 Å². The van der Waals surface area contributed by atoms with Crippen LogP contribution in [0.1, 0.15) is 42.6 Å². The highest BCUT2D eigenvalue weighted by atomic mass is 35.5. The highest BCUT2D eigenvalue weighted by Crippen LogP contribution is 2.31. The Morgan fingerprint density at radius 1 is 1.23 bits per heavy atom. The Hall–Kier alpha value is -2.23. The highest BCUT2D eigenvalue weighted by Gasteiger charge is 2.27. The van der Waals surface area contributed by atoms with Gasteiger partial charge in [0.05, 0.1) is 11.7 Å². The smallest absolute Gasteiger partial charge is 0.254 e. The van der Waals surface area contributed by atoms with E-state index in [0.29, 0.717) is 22.8 Å². The summed E-state index contributed by atoms with van der Waals surface area (Å²) < 4.78 is 22.9. The average molecular weight is 523 g/mol. The minimum atomic E-state index is -2.97. The molecule has 0 aromatic heterocycles. The van der Waals surface area contributed by atoms with Gasteiger partial charge in [0.15, 0.2) is 0 Å². The van der Waals surface area contributed by atoms with Crippen molar-refractivity contribution in [2.45, 2.75) is 39.7 Å². The Morgan fingerprint density at radius 2 is 1.89 bits per heavy atom. The molecule has 1 aromatic carbocycles. The second-order valence-electron chi connectivity index (χ2n) is 9.65. The van der Waals surface area contributed by atoms with Gasteiger partial charge >= 0.3 is 0 Å². The molecule has 1 atom stereocenters. The summed E-state index contributed by atoms with van der Waals surface area (Å²) in [6.07, 6.45) is 4.91. The Morgan fingerprint density at radius 3 is 2.49 bits per heavy atom. The van der Waals surface area contributed by atoms with Crippen LogP contribution in [0.2, 0.25) is 5.02 Å². The Balaban J connectivity index is 1.67. The molecular weight excluding hydrogens is 488 g/mol. The van der Waals surface area contributed by atoms with E-state index in [9.17, 15) is 18.0 Å². The van der Waals surface area contributed by atoms with Crippen molar-refractivity contribution < 1.29 is 18.0 Å². The van der Waals surface area contributed by atoms with Gasteiger partial charge < -0.3 is 15.1 Å². The number of nitrogens with zero attached hydrogens (tertiary/aromatic N) is 3. The van der Waals surface area contributed by atoms with Crippen LogP contribution in [0.3, 0.4) is 0 Å². The first-order valence-electron chi connectivity index (χ1n) is 11.8. The van der Waals surface area contributed by atoms with Crippen LogP contribution in [0.5, 0.6) is 0 Å². The van der Waals surface area contributed by atoms with Crippen LogP contribution in [0, 0.1) is 12.8 Å². The molecule has 2 aliphatic heterocycles. The largest absolute Gasteiger partial charge is 0.371 e. The van der Waals surface area contributed by atoms with Crippen LogP contribution in [-0.2, 0) is 14.6 Å². The van der Waals surface area contributed by atoms with Gasteiger partial charge in [0.2, 0.25) is 0 Å². The standard InChI is InChI=1S/C25H35ClN4O4S/c1-16-12-17(2)28-25(32)22(16)15-27-24(31)21-13-19(26)14-23(18(21)3)29(4)20-6-8-30(9-7-20)10-11-35(5,33)34/h12-14,20,22H,6-11,15H2,1-5H3,(H,27,31). The lowest BCUT2D eigenvalue weighted by atomic mass is 9.95. The number of hydrogen-bond acceptors (Lipinski definition) is 6. The van der Waals surface area contributed by atoms with E-state index in [1.165, 1.54) is 6.26 Å². The van der Waals surface area contributed by atoms with Gasteiger partial charge in [-0.05, 0) is 57.4 Å². The summed E-state index contributed by atoms with van der Waals surface area (Å²) in [7, 11) is -0.967. The zero-order valence-corrected chi connectivity index (χ0v) is 22.7. The molecule has 35 heavy (non-hydrogen) atoms. The normalized spacial score (nSPS) is 19.8. The van der Waals surface area contributed by atoms with Gasteiger partial charge in [0, 0.05) is 67.5 Å². The molecule has 10 heteroatoms. The van der Waals surface area contributed by atoms with Crippen molar-refractivity contribution in [1.82, 2.24) is 10.2 Å². The van der Waals surface area contributed by atoms with E-state index in [0.717, 1.165) is 42.8 Å². The van der Waals surface area contributed by atoms with Gasteiger partial charge in [-0.3, -0.25) is 9.59 Å². The summed E-state index contributed by atoms with van der Waals surface area (Å²) in [5, 5.41) is 3.36. The van der Waals surface area contributed by atoms with Gasteiger partial charge in [0.25, 0.3) is 11.8 Å². The summed E-state index contributed by atoms with van der Waals surface area (Å²) in [4.78, 5) is 33.7. The molecule has 0 aliphatic carbocycles. The second kappa shape index (κ2) is 11.2.